The van der Waals surface area contributed by atoms with E-state index in [4.69, 9.17) is 9.84 Å². The molecule has 1 amide bonds. The molecule has 0 heterocycles. The van der Waals surface area contributed by atoms with Gasteiger partial charge in [-0.15, -0.1) is 0 Å². The molecule has 0 fully saturated rings. The van der Waals surface area contributed by atoms with E-state index in [0.29, 0.717) is 0 Å². The molecule has 0 spiro atoms. The Balaban J connectivity index is 2.40. The van der Waals surface area contributed by atoms with E-state index >= 15 is 0 Å². The number of nitrogens with one attached hydrogen (secondary N) is 1. The van der Waals surface area contributed by atoms with Gasteiger partial charge in [-0.25, -0.2) is 9.59 Å². The first-order valence-electron chi connectivity index (χ1n) is 5.99. The Hall–Kier alpha value is -1.73. The summed E-state index contributed by atoms with van der Waals surface area (Å²) in [5.74, 6) is -0.970. The summed E-state index contributed by atoms with van der Waals surface area (Å²) in [7, 11) is 0. The quantitative estimate of drug-likeness (QED) is 0.735. The van der Waals surface area contributed by atoms with Crippen molar-refractivity contribution in [3.8, 4) is 0 Å². The number of carboxylic acid groups (broad SMARTS) is 1. The van der Waals surface area contributed by atoms with Crippen LogP contribution in [0.15, 0.2) is 30.3 Å². The fraction of sp³-hybridized carbons (Fsp3) is 0.385. The van der Waals surface area contributed by atoms with Gasteiger partial charge >= 0.3 is 12.1 Å². The lowest BCUT2D eigenvalue weighted by atomic mass is 10.2. The number of hydrogen-bond acceptors (Lipinski definition) is 4. The molecule has 0 aromatic heterocycles. The van der Waals surface area contributed by atoms with Crippen LogP contribution in [-0.4, -0.2) is 39.8 Å². The zero-order valence-electron chi connectivity index (χ0n) is 11.1. The second-order valence-electron chi connectivity index (χ2n) is 4.16. The standard InChI is InChI=1S/C13H17NO5S/c1-20(18)8-7-11(12(15)16)14-13(17)19-9-10-5-3-2-4-6-10/h2-6,11H,7-9H2,1H3,(H,14,17)(H,15,16). The molecule has 7 heteroatoms. The van der Waals surface area contributed by atoms with Gasteiger partial charge in [-0.3, -0.25) is 0 Å². The second-order valence-corrected chi connectivity index (χ2v) is 5.72. The van der Waals surface area contributed by atoms with Crippen molar-refractivity contribution in [3.63, 3.8) is 0 Å². The average molecular weight is 299 g/mol. The van der Waals surface area contributed by atoms with E-state index in [1.807, 2.05) is 18.2 Å². The van der Waals surface area contributed by atoms with Gasteiger partial charge in [0.2, 0.25) is 0 Å². The van der Waals surface area contributed by atoms with Crippen molar-refractivity contribution in [1.82, 2.24) is 5.32 Å². The van der Waals surface area contributed by atoms with Crippen LogP contribution in [0.1, 0.15) is 12.0 Å². The van der Waals surface area contributed by atoms with Crippen LogP contribution in [0.2, 0.25) is 0 Å². The van der Waals surface area contributed by atoms with E-state index in [0.717, 1.165) is 5.56 Å². The lowest BCUT2D eigenvalue weighted by molar-refractivity contribution is -0.139. The highest BCUT2D eigenvalue weighted by Gasteiger charge is 2.22. The van der Waals surface area contributed by atoms with Crippen molar-refractivity contribution in [3.05, 3.63) is 35.9 Å². The first-order chi connectivity index (χ1) is 9.49. The summed E-state index contributed by atoms with van der Waals surface area (Å²) in [6.45, 7) is 0.0682. The van der Waals surface area contributed by atoms with Crippen LogP contribution in [-0.2, 0) is 27.3 Å². The molecule has 110 valence electrons. The zero-order valence-corrected chi connectivity index (χ0v) is 11.9. The number of amides is 1. The van der Waals surface area contributed by atoms with Crippen LogP contribution < -0.4 is 5.32 Å². The van der Waals surface area contributed by atoms with Gasteiger partial charge in [0.25, 0.3) is 0 Å². The third-order valence-corrected chi connectivity index (χ3v) is 3.31. The number of ether oxygens (including phenoxy) is 1. The van der Waals surface area contributed by atoms with E-state index in [9.17, 15) is 14.1 Å². The maximum atomic E-state index is 11.5. The van der Waals surface area contributed by atoms with Crippen molar-refractivity contribution in [2.75, 3.05) is 12.0 Å². The molecule has 1 aromatic carbocycles. The van der Waals surface area contributed by atoms with E-state index in [2.05, 4.69) is 5.32 Å². The summed E-state index contributed by atoms with van der Waals surface area (Å²) in [5, 5.41) is 11.2. The van der Waals surface area contributed by atoms with Gasteiger partial charge in [0, 0.05) is 6.42 Å². The summed E-state index contributed by atoms with van der Waals surface area (Å²) in [6, 6.07) is 7.96. The topological polar surface area (TPSA) is 98.7 Å². The molecule has 2 N–H and O–H groups in total. The minimum absolute atomic E-state index is 0.0682. The van der Waals surface area contributed by atoms with E-state index < -0.39 is 29.3 Å². The van der Waals surface area contributed by atoms with Crippen molar-refractivity contribution >= 4 is 23.2 Å². The Labute approximate surface area is 120 Å². The third kappa shape index (κ3) is 6.44. The molecule has 1 rings (SSSR count). The molecule has 6 nitrogen and oxygen atoms in total. The highest BCUT2D eigenvalue weighted by Crippen LogP contribution is 2.02. The Morgan fingerprint density at radius 1 is 1.40 bits per heavy atom. The predicted molar refractivity (Wildman–Crippen MR) is 74.7 cm³/mol. The average Bonchev–Trinajstić information content (AvgIpc) is 2.41. The van der Waals surface area contributed by atoms with Gasteiger partial charge in [0.15, 0.2) is 0 Å². The SMILES string of the molecule is C[S+]([O-])CCC(NC(=O)OCc1ccccc1)C(=O)O. The number of rotatable bonds is 7. The van der Waals surface area contributed by atoms with Crippen LogP contribution >= 0.6 is 0 Å². The number of hydrogen-bond donors (Lipinski definition) is 2. The largest absolute Gasteiger partial charge is 0.617 e. The number of alkyl carbamates (subject to hydrolysis) is 1. The van der Waals surface area contributed by atoms with Crippen molar-refractivity contribution in [1.29, 1.82) is 0 Å². The van der Waals surface area contributed by atoms with E-state index in [1.165, 1.54) is 6.26 Å². The number of benzene rings is 1. The zero-order chi connectivity index (χ0) is 15.0. The van der Waals surface area contributed by atoms with Gasteiger partial charge < -0.3 is 19.7 Å². The Morgan fingerprint density at radius 2 is 2.05 bits per heavy atom. The van der Waals surface area contributed by atoms with Crippen LogP contribution in [0.25, 0.3) is 0 Å². The van der Waals surface area contributed by atoms with Gasteiger partial charge in [-0.2, -0.15) is 0 Å². The van der Waals surface area contributed by atoms with Crippen molar-refractivity contribution in [2.24, 2.45) is 0 Å². The molecule has 0 radical (unpaired) electrons. The maximum Gasteiger partial charge on any atom is 0.408 e. The molecular formula is C13H17NO5S. The van der Waals surface area contributed by atoms with E-state index in [1.54, 1.807) is 12.1 Å². The highest BCUT2D eigenvalue weighted by molar-refractivity contribution is 7.90. The number of carbonyl (C=O) groups is 2. The Morgan fingerprint density at radius 3 is 2.60 bits per heavy atom. The molecule has 1 aromatic rings. The van der Waals surface area contributed by atoms with E-state index in [-0.39, 0.29) is 18.8 Å². The molecule has 0 saturated carbocycles. The summed E-state index contributed by atoms with van der Waals surface area (Å²) in [4.78, 5) is 22.5. The molecule has 2 atom stereocenters. The van der Waals surface area contributed by atoms with Crippen LogP contribution in [0.5, 0.6) is 0 Å². The van der Waals surface area contributed by atoms with Crippen molar-refractivity contribution in [2.45, 2.75) is 19.1 Å². The highest BCUT2D eigenvalue weighted by atomic mass is 32.2. The number of carboxylic acids is 1. The van der Waals surface area contributed by atoms with Crippen molar-refractivity contribution < 1.29 is 24.0 Å². The lowest BCUT2D eigenvalue weighted by Crippen LogP contribution is -2.42. The summed E-state index contributed by atoms with van der Waals surface area (Å²) in [5.41, 5.74) is 0.809. The summed E-state index contributed by atoms with van der Waals surface area (Å²) < 4.78 is 15.9. The van der Waals surface area contributed by atoms with Crippen LogP contribution in [0.3, 0.4) is 0 Å². The monoisotopic (exact) mass is 299 g/mol. The first-order valence-corrected chi connectivity index (χ1v) is 7.72. The minimum Gasteiger partial charge on any atom is -0.617 e. The van der Waals surface area contributed by atoms with Crippen LogP contribution in [0.4, 0.5) is 4.79 Å². The Kier molecular flexibility index (Phi) is 6.89. The lowest BCUT2D eigenvalue weighted by Gasteiger charge is -2.14. The summed E-state index contributed by atoms with van der Waals surface area (Å²) >= 11 is -1.11. The van der Waals surface area contributed by atoms with Gasteiger partial charge in [-0.1, -0.05) is 41.5 Å². The number of aliphatic carboxylic acids is 1. The maximum absolute atomic E-state index is 11.5. The molecular weight excluding hydrogens is 282 g/mol. The second kappa shape index (κ2) is 8.44. The Bertz CT molecular complexity index is 438. The molecule has 2 unspecified atom stereocenters. The molecule has 0 aliphatic carbocycles. The molecule has 0 aliphatic rings. The summed E-state index contributed by atoms with van der Waals surface area (Å²) in [6.07, 6.45) is 0.772. The van der Waals surface area contributed by atoms with Gasteiger partial charge in [0.05, 0.1) is 6.26 Å². The van der Waals surface area contributed by atoms with Crippen LogP contribution in [0, 0.1) is 0 Å². The van der Waals surface area contributed by atoms with Gasteiger partial charge in [0.1, 0.15) is 18.4 Å². The fourth-order valence-electron chi connectivity index (χ4n) is 1.45. The fourth-order valence-corrected chi connectivity index (χ4v) is 2.02. The third-order valence-electron chi connectivity index (χ3n) is 2.50. The number of carbonyl (C=O) groups excluding carboxylic acids is 1. The molecule has 20 heavy (non-hydrogen) atoms. The molecule has 0 saturated heterocycles. The minimum atomic E-state index is -1.17. The smallest absolute Gasteiger partial charge is 0.408 e. The predicted octanol–water partition coefficient (Wildman–Crippen LogP) is 1.13. The van der Waals surface area contributed by atoms with Gasteiger partial charge in [-0.05, 0) is 5.56 Å². The first kappa shape index (κ1) is 16.3. The molecule has 0 bridgehead atoms. The normalized spacial score (nSPS) is 13.3. The molecule has 0 aliphatic heterocycles.